The average Bonchev–Trinajstić information content (AvgIpc) is 3.42. The molecule has 1 fully saturated rings. The third-order valence-corrected chi connectivity index (χ3v) is 6.15. The van der Waals surface area contributed by atoms with Crippen LogP contribution in [0.1, 0.15) is 17.7 Å². The van der Waals surface area contributed by atoms with E-state index in [1.165, 1.54) is 22.2 Å². The Morgan fingerprint density at radius 3 is 2.62 bits per heavy atom. The van der Waals surface area contributed by atoms with Crippen molar-refractivity contribution in [3.8, 4) is 11.5 Å². The van der Waals surface area contributed by atoms with Crippen LogP contribution in [0.25, 0.3) is 10.9 Å². The van der Waals surface area contributed by atoms with E-state index >= 15 is 0 Å². The number of aryl methyl sites for hydroxylation is 1. The van der Waals surface area contributed by atoms with Crippen LogP contribution in [0.4, 0.5) is 5.69 Å². The van der Waals surface area contributed by atoms with Crippen LogP contribution in [0.15, 0.2) is 47.5 Å². The van der Waals surface area contributed by atoms with Crippen LogP contribution in [0, 0.1) is 6.92 Å². The molecule has 1 aliphatic rings. The summed E-state index contributed by atoms with van der Waals surface area (Å²) in [6.45, 7) is 4.84. The van der Waals surface area contributed by atoms with Gasteiger partial charge >= 0.3 is 0 Å². The van der Waals surface area contributed by atoms with Crippen molar-refractivity contribution >= 4 is 22.5 Å². The van der Waals surface area contributed by atoms with Crippen LogP contribution in [0.2, 0.25) is 0 Å². The quantitative estimate of drug-likeness (QED) is 0.391. The second-order valence-electron chi connectivity index (χ2n) is 8.17. The van der Waals surface area contributed by atoms with Crippen molar-refractivity contribution in [2.75, 3.05) is 45.8 Å². The number of hydrogen-bond acceptors (Lipinski definition) is 4. The summed E-state index contributed by atoms with van der Waals surface area (Å²) in [6.07, 6.45) is 1.98. The molecule has 0 spiro atoms. The zero-order valence-corrected chi connectivity index (χ0v) is 19.4. The van der Waals surface area contributed by atoms with Crippen LogP contribution in [-0.2, 0) is 6.42 Å². The normalized spacial score (nSPS) is 16.4. The zero-order valence-electron chi connectivity index (χ0n) is 19.4. The first-order chi connectivity index (χ1) is 15.6. The highest BCUT2D eigenvalue weighted by molar-refractivity contribution is 5.85. The first-order valence-electron chi connectivity index (χ1n) is 11.1. The Bertz CT molecular complexity index is 1070. The summed E-state index contributed by atoms with van der Waals surface area (Å²) in [6, 6.07) is 14.8. The molecule has 1 atom stereocenters. The molecule has 1 unspecified atom stereocenters. The molecular weight excluding hydrogens is 402 g/mol. The lowest BCUT2D eigenvalue weighted by Gasteiger charge is -2.21. The van der Waals surface area contributed by atoms with Gasteiger partial charge in [-0.25, -0.2) is 0 Å². The van der Waals surface area contributed by atoms with E-state index < -0.39 is 0 Å². The molecule has 0 bridgehead atoms. The van der Waals surface area contributed by atoms with Crippen LogP contribution < -0.4 is 25.0 Å². The Kier molecular flexibility index (Phi) is 6.73. The second-order valence-corrected chi connectivity index (χ2v) is 8.17. The summed E-state index contributed by atoms with van der Waals surface area (Å²) < 4.78 is 10.8. The van der Waals surface area contributed by atoms with Crippen molar-refractivity contribution in [2.24, 2.45) is 4.99 Å². The third kappa shape index (κ3) is 4.77. The van der Waals surface area contributed by atoms with E-state index in [9.17, 15) is 0 Å². The van der Waals surface area contributed by atoms with Gasteiger partial charge in [-0.3, -0.25) is 4.99 Å². The van der Waals surface area contributed by atoms with Gasteiger partial charge in [-0.2, -0.15) is 0 Å². The number of benzene rings is 2. The van der Waals surface area contributed by atoms with Crippen molar-refractivity contribution in [3.05, 3.63) is 53.7 Å². The van der Waals surface area contributed by atoms with Gasteiger partial charge in [0.05, 0.1) is 14.2 Å². The van der Waals surface area contributed by atoms with Crippen LogP contribution in [-0.4, -0.2) is 57.9 Å². The predicted octanol–water partition coefficient (Wildman–Crippen LogP) is 3.48. The molecule has 3 N–H and O–H groups in total. The number of ether oxygens (including phenoxy) is 2. The summed E-state index contributed by atoms with van der Waals surface area (Å²) in [5.41, 5.74) is 4.91. The van der Waals surface area contributed by atoms with Crippen molar-refractivity contribution < 1.29 is 9.47 Å². The van der Waals surface area contributed by atoms with Gasteiger partial charge in [0.2, 0.25) is 0 Å². The molecular formula is C25H33N5O2. The highest BCUT2D eigenvalue weighted by Gasteiger charge is 2.24. The van der Waals surface area contributed by atoms with Gasteiger partial charge in [0.25, 0.3) is 0 Å². The fraction of sp³-hybridized carbons (Fsp3) is 0.400. The summed E-state index contributed by atoms with van der Waals surface area (Å²) in [5.74, 6) is 2.46. The smallest absolute Gasteiger partial charge is 0.191 e. The Morgan fingerprint density at radius 2 is 1.91 bits per heavy atom. The second kappa shape index (κ2) is 9.85. The lowest BCUT2D eigenvalue weighted by molar-refractivity contribution is 0.394. The number of aromatic nitrogens is 1. The van der Waals surface area contributed by atoms with E-state index in [1.807, 2.05) is 13.1 Å². The lowest BCUT2D eigenvalue weighted by Crippen LogP contribution is -2.45. The maximum Gasteiger partial charge on any atom is 0.191 e. The van der Waals surface area contributed by atoms with Gasteiger partial charge in [0, 0.05) is 73.2 Å². The van der Waals surface area contributed by atoms with Crippen molar-refractivity contribution in [2.45, 2.75) is 25.8 Å². The number of fused-ring (bicyclic) bond motifs is 1. The molecule has 2 heterocycles. The van der Waals surface area contributed by atoms with Crippen LogP contribution >= 0.6 is 0 Å². The van der Waals surface area contributed by atoms with E-state index in [2.05, 4.69) is 68.8 Å². The number of rotatable bonds is 7. The minimum absolute atomic E-state index is 0.327. The first kappa shape index (κ1) is 21.9. The van der Waals surface area contributed by atoms with E-state index in [1.54, 1.807) is 14.2 Å². The number of H-pyrrole nitrogens is 1. The molecule has 7 heteroatoms. The number of nitrogens with zero attached hydrogens (tertiary/aromatic N) is 2. The van der Waals surface area contributed by atoms with Crippen molar-refractivity contribution in [1.29, 1.82) is 0 Å². The van der Waals surface area contributed by atoms with Crippen LogP contribution in [0.5, 0.6) is 11.5 Å². The number of aromatic amines is 1. The SMILES string of the molecule is CN=C(NCCc1c(C)[nH]c2ccccc12)NC1CCN(c2cc(OC)cc(OC)c2)C1. The van der Waals surface area contributed by atoms with Gasteiger partial charge in [0.1, 0.15) is 11.5 Å². The Balaban J connectivity index is 1.32. The Labute approximate surface area is 189 Å². The molecule has 0 amide bonds. The molecule has 0 radical (unpaired) electrons. The molecule has 4 rings (SSSR count). The van der Waals surface area contributed by atoms with Gasteiger partial charge in [0.15, 0.2) is 5.96 Å². The summed E-state index contributed by atoms with van der Waals surface area (Å²) in [5, 5.41) is 8.37. The zero-order chi connectivity index (χ0) is 22.5. The van der Waals surface area contributed by atoms with E-state index in [4.69, 9.17) is 9.47 Å². The van der Waals surface area contributed by atoms with E-state index in [-0.39, 0.29) is 0 Å². The van der Waals surface area contributed by atoms with Crippen LogP contribution in [0.3, 0.4) is 0 Å². The van der Waals surface area contributed by atoms with Gasteiger partial charge in [-0.05, 0) is 31.4 Å². The minimum atomic E-state index is 0.327. The van der Waals surface area contributed by atoms with Gasteiger partial charge in [-0.15, -0.1) is 0 Å². The number of anilines is 1. The molecule has 170 valence electrons. The van der Waals surface area contributed by atoms with Crippen molar-refractivity contribution in [1.82, 2.24) is 15.6 Å². The highest BCUT2D eigenvalue weighted by Crippen LogP contribution is 2.30. The minimum Gasteiger partial charge on any atom is -0.497 e. The maximum atomic E-state index is 5.42. The average molecular weight is 436 g/mol. The fourth-order valence-corrected chi connectivity index (χ4v) is 4.44. The summed E-state index contributed by atoms with van der Waals surface area (Å²) in [7, 11) is 5.19. The first-order valence-corrected chi connectivity index (χ1v) is 11.1. The number of aliphatic imine (C=N–C) groups is 1. The molecule has 3 aromatic rings. The number of methoxy groups -OCH3 is 2. The molecule has 0 saturated carbocycles. The van der Waals surface area contributed by atoms with E-state index in [0.717, 1.165) is 55.6 Å². The largest absolute Gasteiger partial charge is 0.497 e. The molecule has 1 aromatic heterocycles. The number of hydrogen-bond donors (Lipinski definition) is 3. The standard InChI is InChI=1S/C25H33N5O2/c1-17-22(23-7-5-6-8-24(23)28-17)9-11-27-25(26-2)29-18-10-12-30(16-18)19-13-20(31-3)15-21(14-19)32-4/h5-8,13-15,18,28H,9-12,16H2,1-4H3,(H2,26,27,29). The highest BCUT2D eigenvalue weighted by atomic mass is 16.5. The number of guanidine groups is 1. The van der Waals surface area contributed by atoms with Gasteiger partial charge < -0.3 is 30.0 Å². The number of nitrogens with one attached hydrogen (secondary N) is 3. The molecule has 2 aromatic carbocycles. The Morgan fingerprint density at radius 1 is 1.16 bits per heavy atom. The summed E-state index contributed by atoms with van der Waals surface area (Å²) >= 11 is 0. The summed E-state index contributed by atoms with van der Waals surface area (Å²) in [4.78, 5) is 10.3. The van der Waals surface area contributed by atoms with E-state index in [0.29, 0.717) is 6.04 Å². The molecule has 1 saturated heterocycles. The topological polar surface area (TPSA) is 73.9 Å². The predicted molar refractivity (Wildman–Crippen MR) is 131 cm³/mol. The molecule has 1 aliphatic heterocycles. The Hall–Kier alpha value is -3.35. The van der Waals surface area contributed by atoms with Crippen molar-refractivity contribution in [3.63, 3.8) is 0 Å². The number of para-hydroxylation sites is 1. The third-order valence-electron chi connectivity index (χ3n) is 6.15. The lowest BCUT2D eigenvalue weighted by atomic mass is 10.1. The van der Waals surface area contributed by atoms with Gasteiger partial charge in [-0.1, -0.05) is 18.2 Å². The molecule has 7 nitrogen and oxygen atoms in total. The monoisotopic (exact) mass is 435 g/mol. The fourth-order valence-electron chi connectivity index (χ4n) is 4.44. The molecule has 32 heavy (non-hydrogen) atoms. The maximum absolute atomic E-state index is 5.42. The molecule has 0 aliphatic carbocycles.